The van der Waals surface area contributed by atoms with Crippen molar-refractivity contribution < 1.29 is 4.79 Å². The second-order valence-corrected chi connectivity index (χ2v) is 5.58. The van der Waals surface area contributed by atoms with Crippen LogP contribution < -0.4 is 5.32 Å². The van der Waals surface area contributed by atoms with Crippen LogP contribution >= 0.6 is 0 Å². The molecule has 0 heterocycles. The molecule has 96 valence electrons. The van der Waals surface area contributed by atoms with Gasteiger partial charge in [-0.1, -0.05) is 31.6 Å². The van der Waals surface area contributed by atoms with Crippen LogP contribution in [-0.2, 0) is 4.79 Å². The molecule has 2 heteroatoms. The first-order chi connectivity index (χ1) is 7.95. The van der Waals surface area contributed by atoms with Crippen molar-refractivity contribution in [3.63, 3.8) is 0 Å². The molecule has 1 amide bonds. The molecule has 0 saturated heterocycles. The molecule has 1 N–H and O–H groups in total. The van der Waals surface area contributed by atoms with Gasteiger partial charge in [-0.05, 0) is 51.0 Å². The number of allylic oxidation sites excluding steroid dienone is 3. The van der Waals surface area contributed by atoms with Gasteiger partial charge in [-0.25, -0.2) is 0 Å². The average Bonchev–Trinajstić information content (AvgIpc) is 3.07. The maximum absolute atomic E-state index is 11.4. The monoisotopic (exact) mass is 235 g/mol. The minimum atomic E-state index is 0.0630. The van der Waals surface area contributed by atoms with E-state index in [1.54, 1.807) is 6.08 Å². The lowest BCUT2D eigenvalue weighted by Gasteiger charge is -2.25. The van der Waals surface area contributed by atoms with E-state index in [1.807, 2.05) is 6.08 Å². The molecule has 0 radical (unpaired) electrons. The quantitative estimate of drug-likeness (QED) is 0.553. The van der Waals surface area contributed by atoms with Crippen LogP contribution in [0.15, 0.2) is 23.8 Å². The molecule has 0 bridgehead atoms. The Morgan fingerprint density at radius 1 is 1.41 bits per heavy atom. The average molecular weight is 235 g/mol. The molecule has 1 aliphatic carbocycles. The third-order valence-electron chi connectivity index (χ3n) is 3.63. The molecular formula is C15H25NO. The third-order valence-corrected chi connectivity index (χ3v) is 3.63. The molecule has 1 rings (SSSR count). The summed E-state index contributed by atoms with van der Waals surface area (Å²) in [5.74, 6) is 0.0630. The van der Waals surface area contributed by atoms with Crippen molar-refractivity contribution in [2.45, 2.75) is 59.4 Å². The predicted octanol–water partition coefficient (Wildman–Crippen LogP) is 3.59. The number of rotatable bonds is 6. The van der Waals surface area contributed by atoms with Crippen LogP contribution in [0.1, 0.15) is 53.4 Å². The third kappa shape index (κ3) is 5.20. The molecule has 17 heavy (non-hydrogen) atoms. The fourth-order valence-corrected chi connectivity index (χ4v) is 1.70. The summed E-state index contributed by atoms with van der Waals surface area (Å²) in [7, 11) is 0. The minimum Gasteiger partial charge on any atom is -0.350 e. The zero-order valence-corrected chi connectivity index (χ0v) is 11.5. The van der Waals surface area contributed by atoms with Gasteiger partial charge in [0.25, 0.3) is 0 Å². The van der Waals surface area contributed by atoms with Crippen molar-refractivity contribution in [1.82, 2.24) is 5.32 Å². The maximum Gasteiger partial charge on any atom is 0.243 e. The van der Waals surface area contributed by atoms with E-state index < -0.39 is 0 Å². The summed E-state index contributed by atoms with van der Waals surface area (Å²) in [5.41, 5.74) is 1.64. The zero-order chi connectivity index (χ0) is 12.9. The van der Waals surface area contributed by atoms with Crippen LogP contribution in [0, 0.1) is 5.41 Å². The number of carbonyl (C=O) groups is 1. The highest BCUT2D eigenvalue weighted by Gasteiger charge is 2.22. The van der Waals surface area contributed by atoms with Gasteiger partial charge < -0.3 is 5.32 Å². The zero-order valence-electron chi connectivity index (χ0n) is 11.5. The van der Waals surface area contributed by atoms with Gasteiger partial charge in [-0.2, -0.15) is 0 Å². The number of hydrogen-bond acceptors (Lipinski definition) is 1. The largest absolute Gasteiger partial charge is 0.350 e. The highest BCUT2D eigenvalue weighted by atomic mass is 16.1. The van der Waals surface area contributed by atoms with Gasteiger partial charge in [-0.3, -0.25) is 4.79 Å². The number of carbonyl (C=O) groups excluding carboxylic acids is 1. The molecule has 0 aromatic rings. The molecule has 0 aliphatic heterocycles. The van der Waals surface area contributed by atoms with Gasteiger partial charge in [0.05, 0.1) is 0 Å². The van der Waals surface area contributed by atoms with Gasteiger partial charge in [-0.15, -0.1) is 0 Å². The van der Waals surface area contributed by atoms with Crippen LogP contribution in [0.5, 0.6) is 0 Å². The molecule has 1 aliphatic rings. The molecule has 0 aromatic carbocycles. The Hall–Kier alpha value is -1.05. The van der Waals surface area contributed by atoms with Crippen molar-refractivity contribution >= 4 is 5.91 Å². The molecule has 0 spiro atoms. The van der Waals surface area contributed by atoms with Gasteiger partial charge in [0.15, 0.2) is 0 Å². The molecular weight excluding hydrogens is 210 g/mol. The molecule has 0 unspecified atom stereocenters. The van der Waals surface area contributed by atoms with Gasteiger partial charge in [0, 0.05) is 6.04 Å². The van der Waals surface area contributed by atoms with Crippen molar-refractivity contribution in [2.75, 3.05) is 0 Å². The Balaban J connectivity index is 2.26. The Kier molecular flexibility index (Phi) is 4.98. The van der Waals surface area contributed by atoms with Crippen molar-refractivity contribution in [1.29, 1.82) is 0 Å². The van der Waals surface area contributed by atoms with E-state index in [9.17, 15) is 4.79 Å². The molecule has 0 atom stereocenters. The molecule has 2 nitrogen and oxygen atoms in total. The van der Waals surface area contributed by atoms with Crippen LogP contribution in [0.25, 0.3) is 0 Å². The minimum absolute atomic E-state index is 0.0630. The second kappa shape index (κ2) is 6.04. The first kappa shape index (κ1) is 14.0. The Morgan fingerprint density at radius 2 is 2.06 bits per heavy atom. The highest BCUT2D eigenvalue weighted by molar-refractivity contribution is 5.87. The molecule has 1 saturated carbocycles. The van der Waals surface area contributed by atoms with Crippen LogP contribution in [0.3, 0.4) is 0 Å². The molecule has 0 aromatic heterocycles. The first-order valence-corrected chi connectivity index (χ1v) is 6.56. The van der Waals surface area contributed by atoms with Crippen molar-refractivity contribution in [3.05, 3.63) is 23.8 Å². The highest BCUT2D eigenvalue weighted by Crippen LogP contribution is 2.31. The fraction of sp³-hybridized carbons (Fsp3) is 0.667. The first-order valence-electron chi connectivity index (χ1n) is 6.56. The number of nitrogens with one attached hydrogen (secondary N) is 1. The van der Waals surface area contributed by atoms with Crippen LogP contribution in [0.4, 0.5) is 0 Å². The van der Waals surface area contributed by atoms with E-state index in [4.69, 9.17) is 0 Å². The van der Waals surface area contributed by atoms with E-state index in [-0.39, 0.29) is 11.3 Å². The smallest absolute Gasteiger partial charge is 0.243 e. The van der Waals surface area contributed by atoms with Gasteiger partial charge in [0.1, 0.15) is 0 Å². The van der Waals surface area contributed by atoms with E-state index in [1.165, 1.54) is 5.57 Å². The maximum atomic E-state index is 11.4. The summed E-state index contributed by atoms with van der Waals surface area (Å²) >= 11 is 0. The van der Waals surface area contributed by atoms with E-state index in [0.717, 1.165) is 25.7 Å². The Morgan fingerprint density at radius 3 is 2.59 bits per heavy atom. The predicted molar refractivity (Wildman–Crippen MR) is 72.8 cm³/mol. The van der Waals surface area contributed by atoms with Crippen molar-refractivity contribution in [2.24, 2.45) is 5.41 Å². The lowest BCUT2D eigenvalue weighted by atomic mass is 9.81. The lowest BCUT2D eigenvalue weighted by molar-refractivity contribution is -0.116. The van der Waals surface area contributed by atoms with Crippen LogP contribution in [0.2, 0.25) is 0 Å². The second-order valence-electron chi connectivity index (χ2n) is 5.58. The van der Waals surface area contributed by atoms with Crippen molar-refractivity contribution in [3.8, 4) is 0 Å². The summed E-state index contributed by atoms with van der Waals surface area (Å²) in [4.78, 5) is 11.4. The van der Waals surface area contributed by atoms with Crippen LogP contribution in [-0.4, -0.2) is 11.9 Å². The Labute approximate surface area is 105 Å². The Bertz CT molecular complexity index is 322. The van der Waals surface area contributed by atoms with Gasteiger partial charge in [0.2, 0.25) is 5.91 Å². The van der Waals surface area contributed by atoms with E-state index in [2.05, 4.69) is 39.1 Å². The van der Waals surface area contributed by atoms with E-state index >= 15 is 0 Å². The normalized spacial score (nSPS) is 17.5. The summed E-state index contributed by atoms with van der Waals surface area (Å²) in [5, 5.41) is 2.95. The summed E-state index contributed by atoms with van der Waals surface area (Å²) < 4.78 is 0. The standard InChI is InChI=1S/C15H25NO/c1-5-12(2)15(3,4)11-7-6-8-14(17)16-13-9-10-13/h5-6,8,13H,7,9-11H2,1-4H3,(H,16,17)/b8-6+,12-5?. The molecule has 1 fully saturated rings. The van der Waals surface area contributed by atoms with E-state index in [0.29, 0.717) is 6.04 Å². The summed E-state index contributed by atoms with van der Waals surface area (Å²) in [6.07, 6.45) is 10.2. The lowest BCUT2D eigenvalue weighted by Crippen LogP contribution is -2.22. The fourth-order valence-electron chi connectivity index (χ4n) is 1.70. The topological polar surface area (TPSA) is 29.1 Å². The number of hydrogen-bond donors (Lipinski definition) is 1. The summed E-state index contributed by atoms with van der Waals surface area (Å²) in [6, 6.07) is 0.453. The number of amides is 1. The van der Waals surface area contributed by atoms with Gasteiger partial charge >= 0.3 is 0 Å². The summed E-state index contributed by atoms with van der Waals surface area (Å²) in [6.45, 7) is 8.75. The SMILES string of the molecule is CC=C(C)C(C)(C)CC/C=C/C(=O)NC1CC1.